The van der Waals surface area contributed by atoms with E-state index in [9.17, 15) is 9.59 Å². The first kappa shape index (κ1) is 19.0. The molecule has 27 heavy (non-hydrogen) atoms. The first-order chi connectivity index (χ1) is 13.1. The molecule has 0 radical (unpaired) electrons. The van der Waals surface area contributed by atoms with Crippen LogP contribution in [0.2, 0.25) is 5.02 Å². The van der Waals surface area contributed by atoms with Gasteiger partial charge in [0, 0.05) is 25.7 Å². The summed E-state index contributed by atoms with van der Waals surface area (Å²) in [7, 11) is 0. The average Bonchev–Trinajstić information content (AvgIpc) is 3.20. The Bertz CT molecular complexity index is 797. The number of para-hydroxylation sites is 1. The Kier molecular flexibility index (Phi) is 6.54. The number of amides is 3. The van der Waals surface area contributed by atoms with E-state index < -0.39 is 0 Å². The van der Waals surface area contributed by atoms with Crippen molar-refractivity contribution in [2.45, 2.75) is 12.8 Å². The Balaban J connectivity index is 1.38. The molecule has 0 aliphatic carbocycles. The summed E-state index contributed by atoms with van der Waals surface area (Å²) in [6, 6.07) is 10.4. The maximum absolute atomic E-state index is 12.2. The average molecular weight is 388 g/mol. The molecule has 0 bridgehead atoms. The molecule has 0 spiro atoms. The van der Waals surface area contributed by atoms with Crippen molar-refractivity contribution in [3.05, 3.63) is 59.5 Å². The van der Waals surface area contributed by atoms with Gasteiger partial charge >= 0.3 is 6.03 Å². The van der Waals surface area contributed by atoms with Gasteiger partial charge in [0.2, 0.25) is 5.91 Å². The molecular formula is C20H22ClN3O3. The van der Waals surface area contributed by atoms with E-state index in [2.05, 4.69) is 10.6 Å². The third-order valence-electron chi connectivity index (χ3n) is 4.53. The number of urea groups is 1. The van der Waals surface area contributed by atoms with Crippen LogP contribution in [0.4, 0.5) is 10.5 Å². The molecular weight excluding hydrogens is 366 g/mol. The number of nitrogens with one attached hydrogen (secondary N) is 2. The highest BCUT2D eigenvalue weighted by atomic mass is 35.5. The van der Waals surface area contributed by atoms with E-state index in [1.807, 2.05) is 17.0 Å². The predicted molar refractivity (Wildman–Crippen MR) is 106 cm³/mol. The Morgan fingerprint density at radius 3 is 2.67 bits per heavy atom. The number of anilines is 1. The van der Waals surface area contributed by atoms with E-state index in [1.165, 1.54) is 6.08 Å². The second-order valence-electron chi connectivity index (χ2n) is 6.43. The summed E-state index contributed by atoms with van der Waals surface area (Å²) in [4.78, 5) is 26.0. The number of carbonyl (C=O) groups is 2. The predicted octanol–water partition coefficient (Wildman–Crippen LogP) is 4.01. The van der Waals surface area contributed by atoms with Crippen LogP contribution in [-0.4, -0.2) is 36.5 Å². The van der Waals surface area contributed by atoms with Crippen molar-refractivity contribution in [3.8, 4) is 0 Å². The minimum Gasteiger partial charge on any atom is -0.465 e. The second kappa shape index (κ2) is 9.28. The Hall–Kier alpha value is -2.73. The van der Waals surface area contributed by atoms with Crippen molar-refractivity contribution < 1.29 is 14.0 Å². The lowest BCUT2D eigenvalue weighted by Crippen LogP contribution is -2.41. The van der Waals surface area contributed by atoms with Gasteiger partial charge in [0.1, 0.15) is 5.76 Å². The number of hydrogen-bond acceptors (Lipinski definition) is 3. The minimum absolute atomic E-state index is 0.0192. The SMILES string of the molecule is O=C(NCC1CCN(C(=O)/C=C/c2ccco2)CC1)Nc1ccccc1Cl. The zero-order chi connectivity index (χ0) is 19.1. The van der Waals surface area contributed by atoms with Crippen molar-refractivity contribution in [2.75, 3.05) is 25.0 Å². The van der Waals surface area contributed by atoms with Gasteiger partial charge in [-0.05, 0) is 49.1 Å². The largest absolute Gasteiger partial charge is 0.465 e. The quantitative estimate of drug-likeness (QED) is 0.761. The Morgan fingerprint density at radius 1 is 1.19 bits per heavy atom. The van der Waals surface area contributed by atoms with Crippen LogP contribution in [-0.2, 0) is 4.79 Å². The number of piperidine rings is 1. The van der Waals surface area contributed by atoms with Crippen LogP contribution in [0.3, 0.4) is 0 Å². The Morgan fingerprint density at radius 2 is 1.96 bits per heavy atom. The summed E-state index contributed by atoms with van der Waals surface area (Å²) < 4.78 is 5.18. The molecule has 1 aliphatic heterocycles. The van der Waals surface area contributed by atoms with Crippen molar-refractivity contribution in [2.24, 2.45) is 5.92 Å². The summed E-state index contributed by atoms with van der Waals surface area (Å²) in [6.07, 6.45) is 6.49. The lowest BCUT2D eigenvalue weighted by atomic mass is 9.97. The topological polar surface area (TPSA) is 74.6 Å². The van der Waals surface area contributed by atoms with Gasteiger partial charge in [-0.2, -0.15) is 0 Å². The fourth-order valence-corrected chi connectivity index (χ4v) is 3.15. The maximum Gasteiger partial charge on any atom is 0.319 e. The molecule has 1 aromatic heterocycles. The van der Waals surface area contributed by atoms with Crippen molar-refractivity contribution in [1.29, 1.82) is 0 Å². The minimum atomic E-state index is -0.275. The number of furan rings is 1. The summed E-state index contributed by atoms with van der Waals surface area (Å²) in [5.74, 6) is 0.987. The fraction of sp³-hybridized carbons (Fsp3) is 0.300. The maximum atomic E-state index is 12.2. The van der Waals surface area contributed by atoms with Crippen LogP contribution in [0, 0.1) is 5.92 Å². The van der Waals surface area contributed by atoms with Gasteiger partial charge < -0.3 is 20.0 Å². The van der Waals surface area contributed by atoms with Gasteiger partial charge in [-0.1, -0.05) is 23.7 Å². The molecule has 0 saturated carbocycles. The van der Waals surface area contributed by atoms with Crippen molar-refractivity contribution >= 4 is 35.3 Å². The highest BCUT2D eigenvalue weighted by molar-refractivity contribution is 6.33. The molecule has 2 aromatic rings. The summed E-state index contributed by atoms with van der Waals surface area (Å²) in [6.45, 7) is 1.93. The molecule has 0 atom stereocenters. The van der Waals surface area contributed by atoms with Crippen LogP contribution in [0.25, 0.3) is 6.08 Å². The number of rotatable bonds is 5. The molecule has 2 heterocycles. The van der Waals surface area contributed by atoms with Gasteiger partial charge in [0.25, 0.3) is 0 Å². The van der Waals surface area contributed by atoms with Gasteiger partial charge in [0.05, 0.1) is 17.0 Å². The van der Waals surface area contributed by atoms with Crippen LogP contribution in [0.5, 0.6) is 0 Å². The highest BCUT2D eigenvalue weighted by Crippen LogP contribution is 2.20. The van der Waals surface area contributed by atoms with E-state index in [0.717, 1.165) is 12.8 Å². The molecule has 1 aliphatic rings. The normalized spacial score (nSPS) is 15.1. The van der Waals surface area contributed by atoms with Crippen LogP contribution >= 0.6 is 11.6 Å². The number of carbonyl (C=O) groups excluding carboxylic acids is 2. The number of nitrogens with zero attached hydrogens (tertiary/aromatic N) is 1. The van der Waals surface area contributed by atoms with E-state index in [0.29, 0.717) is 42.0 Å². The van der Waals surface area contributed by atoms with Crippen LogP contribution in [0.1, 0.15) is 18.6 Å². The number of halogens is 1. The zero-order valence-electron chi connectivity index (χ0n) is 14.9. The van der Waals surface area contributed by atoms with Crippen molar-refractivity contribution in [3.63, 3.8) is 0 Å². The standard InChI is InChI=1S/C20H22ClN3O3/c21-17-5-1-2-6-18(17)23-20(26)22-14-15-9-11-24(12-10-15)19(25)8-7-16-4-3-13-27-16/h1-8,13,15H,9-12,14H2,(H2,22,23,26)/b8-7+. The molecule has 6 nitrogen and oxygen atoms in total. The molecule has 1 aromatic carbocycles. The second-order valence-corrected chi connectivity index (χ2v) is 6.84. The molecule has 2 N–H and O–H groups in total. The van der Waals surface area contributed by atoms with E-state index >= 15 is 0 Å². The van der Waals surface area contributed by atoms with Gasteiger partial charge in [-0.3, -0.25) is 4.79 Å². The molecule has 3 amide bonds. The number of benzene rings is 1. The van der Waals surface area contributed by atoms with E-state index in [-0.39, 0.29) is 11.9 Å². The lowest BCUT2D eigenvalue weighted by Gasteiger charge is -2.31. The summed E-state index contributed by atoms with van der Waals surface area (Å²) in [5.41, 5.74) is 0.584. The summed E-state index contributed by atoms with van der Waals surface area (Å²) in [5, 5.41) is 6.12. The smallest absolute Gasteiger partial charge is 0.319 e. The molecule has 142 valence electrons. The molecule has 1 fully saturated rings. The third kappa shape index (κ3) is 5.62. The summed E-state index contributed by atoms with van der Waals surface area (Å²) >= 11 is 6.03. The first-order valence-corrected chi connectivity index (χ1v) is 9.29. The molecule has 1 saturated heterocycles. The molecule has 0 unspecified atom stereocenters. The van der Waals surface area contributed by atoms with E-state index in [4.69, 9.17) is 16.0 Å². The first-order valence-electron chi connectivity index (χ1n) is 8.91. The highest BCUT2D eigenvalue weighted by Gasteiger charge is 2.22. The number of hydrogen-bond donors (Lipinski definition) is 2. The third-order valence-corrected chi connectivity index (χ3v) is 4.86. The molecule has 7 heteroatoms. The van der Waals surface area contributed by atoms with E-state index in [1.54, 1.807) is 36.6 Å². The lowest BCUT2D eigenvalue weighted by molar-refractivity contribution is -0.127. The van der Waals surface area contributed by atoms with Crippen molar-refractivity contribution in [1.82, 2.24) is 10.2 Å². The van der Waals surface area contributed by atoms with Crippen LogP contribution in [0.15, 0.2) is 53.2 Å². The van der Waals surface area contributed by atoms with Gasteiger partial charge in [-0.15, -0.1) is 0 Å². The molecule has 3 rings (SSSR count). The number of likely N-dealkylation sites (tertiary alicyclic amines) is 1. The monoisotopic (exact) mass is 387 g/mol. The fourth-order valence-electron chi connectivity index (χ4n) is 2.97. The van der Waals surface area contributed by atoms with Gasteiger partial charge in [-0.25, -0.2) is 4.79 Å². The van der Waals surface area contributed by atoms with Crippen LogP contribution < -0.4 is 10.6 Å². The zero-order valence-corrected chi connectivity index (χ0v) is 15.6. The van der Waals surface area contributed by atoms with Gasteiger partial charge in [0.15, 0.2) is 0 Å². The Labute approximate surface area is 163 Å².